The largest absolute Gasteiger partial charge is 0.501 e. The van der Waals surface area contributed by atoms with Gasteiger partial charge in [0.2, 0.25) is 0 Å². The molecule has 0 fully saturated rings. The molecule has 0 unspecified atom stereocenters. The van der Waals surface area contributed by atoms with E-state index in [0.29, 0.717) is 5.56 Å². The van der Waals surface area contributed by atoms with E-state index in [0.717, 1.165) is 39.1 Å². The zero-order valence-corrected chi connectivity index (χ0v) is 16.1. The van der Waals surface area contributed by atoms with E-state index in [9.17, 15) is 4.79 Å². The molecule has 1 aromatic heterocycles. The maximum atomic E-state index is 12.1. The van der Waals surface area contributed by atoms with Crippen LogP contribution in [-0.4, -0.2) is 17.9 Å². The number of carbonyl (C=O) groups excluding carboxylic acids is 1. The topological polar surface area (TPSA) is 39.2 Å². The van der Waals surface area contributed by atoms with Crippen LogP contribution in [0.5, 0.6) is 0 Å². The summed E-state index contributed by atoms with van der Waals surface area (Å²) >= 11 is 0. The summed E-state index contributed by atoms with van der Waals surface area (Å²) in [5, 5.41) is 0.893. The van der Waals surface area contributed by atoms with E-state index in [4.69, 9.17) is 9.72 Å². The molecule has 1 heterocycles. The Morgan fingerprint density at radius 2 is 1.67 bits per heavy atom. The summed E-state index contributed by atoms with van der Waals surface area (Å²) in [6.07, 6.45) is 3.99. The summed E-state index contributed by atoms with van der Waals surface area (Å²) in [6.45, 7) is 5.58. The maximum Gasteiger partial charge on any atom is 0.160 e. The number of allylic oxidation sites excluding steroid dienone is 4. The van der Waals surface area contributed by atoms with Crippen molar-refractivity contribution in [3.05, 3.63) is 83.6 Å². The molecule has 136 valence electrons. The quantitative estimate of drug-likeness (QED) is 0.317. The molecular weight excluding hydrogens is 334 g/mol. The van der Waals surface area contributed by atoms with E-state index >= 15 is 0 Å². The maximum absolute atomic E-state index is 12.1. The van der Waals surface area contributed by atoms with Crippen LogP contribution in [0.3, 0.4) is 0 Å². The molecule has 3 rings (SSSR count). The van der Waals surface area contributed by atoms with Gasteiger partial charge in [-0.2, -0.15) is 0 Å². The molecule has 0 aliphatic rings. The summed E-state index contributed by atoms with van der Waals surface area (Å²) < 4.78 is 5.16. The van der Waals surface area contributed by atoms with E-state index in [2.05, 4.69) is 19.1 Å². The monoisotopic (exact) mass is 357 g/mol. The van der Waals surface area contributed by atoms with Crippen molar-refractivity contribution in [2.45, 2.75) is 20.8 Å². The molecule has 0 amide bonds. The van der Waals surface area contributed by atoms with Crippen LogP contribution in [0.15, 0.2) is 72.5 Å². The molecule has 0 bridgehead atoms. The van der Waals surface area contributed by atoms with Crippen molar-refractivity contribution in [3.8, 4) is 11.3 Å². The lowest BCUT2D eigenvalue weighted by Gasteiger charge is -2.09. The molecule has 0 aliphatic heterocycles. The minimum absolute atomic E-state index is 0.0468. The van der Waals surface area contributed by atoms with Crippen LogP contribution >= 0.6 is 0 Å². The van der Waals surface area contributed by atoms with E-state index < -0.39 is 0 Å². The van der Waals surface area contributed by atoms with Gasteiger partial charge in [0.05, 0.1) is 24.1 Å². The third kappa shape index (κ3) is 4.14. The molecule has 27 heavy (non-hydrogen) atoms. The number of pyridine rings is 1. The molecular formula is C24H23NO2. The SMILES string of the molecule is CO/C(C)=C/C=C(\C)c1ccc(-c2cc(C(C)=O)c3ccccc3n2)cc1. The van der Waals surface area contributed by atoms with E-state index in [1.54, 1.807) is 14.0 Å². The van der Waals surface area contributed by atoms with Crippen LogP contribution in [-0.2, 0) is 4.74 Å². The van der Waals surface area contributed by atoms with Crippen LogP contribution in [0.4, 0.5) is 0 Å². The molecule has 0 saturated heterocycles. The van der Waals surface area contributed by atoms with Gasteiger partial charge in [-0.1, -0.05) is 48.5 Å². The lowest BCUT2D eigenvalue weighted by atomic mass is 10.00. The summed E-state index contributed by atoms with van der Waals surface area (Å²) in [7, 11) is 1.66. The Labute approximate surface area is 160 Å². The first-order valence-electron chi connectivity index (χ1n) is 8.90. The van der Waals surface area contributed by atoms with E-state index in [1.807, 2.05) is 61.5 Å². The van der Waals surface area contributed by atoms with Gasteiger partial charge in [-0.15, -0.1) is 0 Å². The number of ether oxygens (including phenoxy) is 1. The molecule has 0 N–H and O–H groups in total. The Hall–Kier alpha value is -3.20. The van der Waals surface area contributed by atoms with Crippen LogP contribution in [0.25, 0.3) is 27.7 Å². The summed E-state index contributed by atoms with van der Waals surface area (Å²) in [4.78, 5) is 16.8. The van der Waals surface area contributed by atoms with Gasteiger partial charge in [0, 0.05) is 16.5 Å². The lowest BCUT2D eigenvalue weighted by molar-refractivity contribution is 0.101. The minimum Gasteiger partial charge on any atom is -0.501 e. The van der Waals surface area contributed by atoms with Gasteiger partial charge in [-0.3, -0.25) is 4.79 Å². The van der Waals surface area contributed by atoms with Crippen molar-refractivity contribution in [2.24, 2.45) is 0 Å². The van der Waals surface area contributed by atoms with Crippen LogP contribution in [0, 0.1) is 0 Å². The number of aromatic nitrogens is 1. The second kappa shape index (κ2) is 8.00. The highest BCUT2D eigenvalue weighted by Gasteiger charge is 2.10. The first-order chi connectivity index (χ1) is 13.0. The van der Waals surface area contributed by atoms with Crippen LogP contribution in [0.2, 0.25) is 0 Å². The zero-order valence-electron chi connectivity index (χ0n) is 16.1. The number of Topliss-reactive ketones (excluding diaryl/α,β-unsaturated/α-hetero) is 1. The molecule has 0 radical (unpaired) electrons. The van der Waals surface area contributed by atoms with Crippen molar-refractivity contribution in [1.82, 2.24) is 4.98 Å². The molecule has 2 aromatic carbocycles. The Morgan fingerprint density at radius 3 is 2.33 bits per heavy atom. The van der Waals surface area contributed by atoms with Gasteiger partial charge >= 0.3 is 0 Å². The minimum atomic E-state index is 0.0468. The zero-order chi connectivity index (χ0) is 19.4. The third-order valence-corrected chi connectivity index (χ3v) is 4.62. The highest BCUT2D eigenvalue weighted by Crippen LogP contribution is 2.26. The van der Waals surface area contributed by atoms with E-state index in [1.165, 1.54) is 0 Å². The van der Waals surface area contributed by atoms with Gasteiger partial charge in [0.25, 0.3) is 0 Å². The molecule has 3 aromatic rings. The first-order valence-corrected chi connectivity index (χ1v) is 8.90. The average molecular weight is 357 g/mol. The van der Waals surface area contributed by atoms with Gasteiger partial charge in [-0.05, 0) is 50.1 Å². The predicted octanol–water partition coefficient (Wildman–Crippen LogP) is 6.06. The molecule has 0 spiro atoms. The molecule has 3 nitrogen and oxygen atoms in total. The van der Waals surface area contributed by atoms with Gasteiger partial charge < -0.3 is 4.74 Å². The summed E-state index contributed by atoms with van der Waals surface area (Å²) in [6, 6.07) is 17.9. The smallest absolute Gasteiger partial charge is 0.160 e. The Balaban J connectivity index is 1.99. The second-order valence-corrected chi connectivity index (χ2v) is 6.54. The Kier molecular flexibility index (Phi) is 5.51. The van der Waals surface area contributed by atoms with Crippen LogP contribution < -0.4 is 0 Å². The Bertz CT molecular complexity index is 1040. The first kappa shape index (κ1) is 18.6. The number of carbonyl (C=O) groups is 1. The number of hydrogen-bond donors (Lipinski definition) is 0. The fraction of sp³-hybridized carbons (Fsp3) is 0.167. The van der Waals surface area contributed by atoms with Crippen molar-refractivity contribution < 1.29 is 9.53 Å². The lowest BCUT2D eigenvalue weighted by Crippen LogP contribution is -1.97. The van der Waals surface area contributed by atoms with Crippen LogP contribution in [0.1, 0.15) is 36.7 Å². The number of methoxy groups -OCH3 is 1. The Morgan fingerprint density at radius 1 is 0.963 bits per heavy atom. The number of fused-ring (bicyclic) bond motifs is 1. The van der Waals surface area contributed by atoms with Gasteiger partial charge in [0.15, 0.2) is 5.78 Å². The fourth-order valence-electron chi connectivity index (χ4n) is 2.93. The van der Waals surface area contributed by atoms with Crippen molar-refractivity contribution in [3.63, 3.8) is 0 Å². The van der Waals surface area contributed by atoms with Crippen molar-refractivity contribution >= 4 is 22.3 Å². The number of benzene rings is 2. The number of hydrogen-bond acceptors (Lipinski definition) is 3. The highest BCUT2D eigenvalue weighted by molar-refractivity contribution is 6.07. The van der Waals surface area contributed by atoms with E-state index in [-0.39, 0.29) is 5.78 Å². The van der Waals surface area contributed by atoms with Gasteiger partial charge in [-0.25, -0.2) is 4.98 Å². The standard InChI is InChI=1S/C24H23NO2/c1-16(9-10-17(2)27-4)19-11-13-20(14-12-19)24-15-22(18(3)26)21-7-5-6-8-23(21)25-24/h5-15H,1-4H3/b16-9+,17-10+. The third-order valence-electron chi connectivity index (χ3n) is 4.62. The molecule has 0 atom stereocenters. The fourth-order valence-corrected chi connectivity index (χ4v) is 2.93. The average Bonchev–Trinajstić information content (AvgIpc) is 2.70. The summed E-state index contributed by atoms with van der Waals surface area (Å²) in [5.74, 6) is 0.911. The molecule has 0 aliphatic carbocycles. The van der Waals surface area contributed by atoms with Crippen molar-refractivity contribution in [1.29, 1.82) is 0 Å². The summed E-state index contributed by atoms with van der Waals surface area (Å²) in [5.41, 5.74) is 5.61. The number of para-hydroxylation sites is 1. The number of rotatable bonds is 5. The van der Waals surface area contributed by atoms with Gasteiger partial charge in [0.1, 0.15) is 0 Å². The number of ketones is 1. The predicted molar refractivity (Wildman–Crippen MR) is 112 cm³/mol. The highest BCUT2D eigenvalue weighted by atomic mass is 16.5. The second-order valence-electron chi connectivity index (χ2n) is 6.54. The molecule has 0 saturated carbocycles. The number of nitrogens with zero attached hydrogens (tertiary/aromatic N) is 1. The normalized spacial score (nSPS) is 12.3. The molecule has 3 heteroatoms. The van der Waals surface area contributed by atoms with Crippen molar-refractivity contribution in [2.75, 3.05) is 7.11 Å².